The molecule has 0 aliphatic rings. The van der Waals surface area contributed by atoms with Gasteiger partial charge in [0.05, 0.1) is 18.3 Å². The van der Waals surface area contributed by atoms with Crippen LogP contribution in [0.2, 0.25) is 5.02 Å². The number of rotatable bonds is 4. The van der Waals surface area contributed by atoms with Crippen LogP contribution in [0.25, 0.3) is 0 Å². The van der Waals surface area contributed by atoms with Crippen LogP contribution in [0.5, 0.6) is 5.75 Å². The molecule has 1 heterocycles. The van der Waals surface area contributed by atoms with Crippen molar-refractivity contribution in [1.29, 1.82) is 0 Å². The molecular formula is C13H16ClN3O. The van der Waals surface area contributed by atoms with Gasteiger partial charge in [0.25, 0.3) is 0 Å². The van der Waals surface area contributed by atoms with Gasteiger partial charge in [0.1, 0.15) is 5.75 Å². The molecule has 0 amide bonds. The van der Waals surface area contributed by atoms with Crippen LogP contribution < -0.4 is 10.1 Å². The number of nitrogens with one attached hydrogen (secondary N) is 1. The molecule has 0 saturated heterocycles. The molecular weight excluding hydrogens is 250 g/mol. The van der Waals surface area contributed by atoms with E-state index in [1.165, 1.54) is 5.56 Å². The summed E-state index contributed by atoms with van der Waals surface area (Å²) < 4.78 is 6.97. The number of benzene rings is 1. The standard InChI is InChI=1S/C13H16ClN3O/c1-9-10(8-16-17(9)2)7-15-11-4-5-13(18-3)12(14)6-11/h4-6,8,15H,7H2,1-3H3. The van der Waals surface area contributed by atoms with Gasteiger partial charge in [0.2, 0.25) is 0 Å². The summed E-state index contributed by atoms with van der Waals surface area (Å²) in [7, 11) is 3.54. The number of ether oxygens (including phenoxy) is 1. The van der Waals surface area contributed by atoms with Crippen molar-refractivity contribution < 1.29 is 4.74 Å². The normalized spacial score (nSPS) is 10.4. The van der Waals surface area contributed by atoms with Crippen LogP contribution >= 0.6 is 11.6 Å². The molecule has 0 radical (unpaired) electrons. The monoisotopic (exact) mass is 265 g/mol. The van der Waals surface area contributed by atoms with E-state index >= 15 is 0 Å². The molecule has 96 valence electrons. The largest absolute Gasteiger partial charge is 0.495 e. The average Bonchev–Trinajstić information content (AvgIpc) is 2.68. The molecule has 1 N–H and O–H groups in total. The van der Waals surface area contributed by atoms with Crippen molar-refractivity contribution in [3.8, 4) is 5.75 Å². The van der Waals surface area contributed by atoms with Gasteiger partial charge in [0, 0.05) is 30.5 Å². The number of anilines is 1. The Bertz CT molecular complexity index is 551. The molecule has 2 rings (SSSR count). The van der Waals surface area contributed by atoms with Gasteiger partial charge in [-0.1, -0.05) is 11.6 Å². The molecule has 2 aromatic rings. The number of halogens is 1. The fourth-order valence-corrected chi connectivity index (χ4v) is 1.95. The first kappa shape index (κ1) is 12.8. The van der Waals surface area contributed by atoms with E-state index in [-0.39, 0.29) is 0 Å². The fourth-order valence-electron chi connectivity index (χ4n) is 1.69. The molecule has 0 fully saturated rings. The summed E-state index contributed by atoms with van der Waals surface area (Å²) in [6.07, 6.45) is 1.87. The quantitative estimate of drug-likeness (QED) is 0.924. The molecule has 0 saturated carbocycles. The lowest BCUT2D eigenvalue weighted by molar-refractivity contribution is 0.415. The van der Waals surface area contributed by atoms with E-state index in [4.69, 9.17) is 16.3 Å². The minimum Gasteiger partial charge on any atom is -0.495 e. The Morgan fingerprint density at radius 2 is 2.22 bits per heavy atom. The van der Waals surface area contributed by atoms with Gasteiger partial charge in [-0.05, 0) is 25.1 Å². The number of aryl methyl sites for hydroxylation is 1. The van der Waals surface area contributed by atoms with Crippen molar-refractivity contribution in [1.82, 2.24) is 9.78 Å². The first-order chi connectivity index (χ1) is 8.61. The highest BCUT2D eigenvalue weighted by molar-refractivity contribution is 6.32. The molecule has 4 nitrogen and oxygen atoms in total. The predicted octanol–water partition coefficient (Wildman–Crippen LogP) is 3.00. The zero-order chi connectivity index (χ0) is 13.1. The highest BCUT2D eigenvalue weighted by Gasteiger charge is 2.05. The molecule has 0 bridgehead atoms. The molecule has 0 aliphatic heterocycles. The maximum absolute atomic E-state index is 6.07. The number of nitrogens with zero attached hydrogens (tertiary/aromatic N) is 2. The molecule has 0 atom stereocenters. The third-order valence-corrected chi connectivity index (χ3v) is 3.27. The summed E-state index contributed by atoms with van der Waals surface area (Å²) in [5, 5.41) is 8.12. The summed E-state index contributed by atoms with van der Waals surface area (Å²) in [5.74, 6) is 0.680. The topological polar surface area (TPSA) is 39.1 Å². The Morgan fingerprint density at radius 1 is 1.44 bits per heavy atom. The van der Waals surface area contributed by atoms with E-state index < -0.39 is 0 Å². The maximum Gasteiger partial charge on any atom is 0.137 e. The van der Waals surface area contributed by atoms with Crippen LogP contribution in [-0.4, -0.2) is 16.9 Å². The molecule has 0 aliphatic carbocycles. The summed E-state index contributed by atoms with van der Waals surface area (Å²) >= 11 is 6.07. The lowest BCUT2D eigenvalue weighted by Crippen LogP contribution is -2.01. The SMILES string of the molecule is COc1ccc(NCc2cnn(C)c2C)cc1Cl. The Labute approximate surface area is 112 Å². The van der Waals surface area contributed by atoms with Crippen molar-refractivity contribution in [2.24, 2.45) is 7.05 Å². The Hall–Kier alpha value is -1.68. The minimum atomic E-state index is 0.602. The summed E-state index contributed by atoms with van der Waals surface area (Å²) in [6, 6.07) is 5.64. The molecule has 18 heavy (non-hydrogen) atoms. The van der Waals surface area contributed by atoms with Crippen LogP contribution in [-0.2, 0) is 13.6 Å². The molecule has 0 spiro atoms. The molecule has 0 unspecified atom stereocenters. The minimum absolute atomic E-state index is 0.602. The lowest BCUT2D eigenvalue weighted by atomic mass is 10.2. The molecule has 5 heteroatoms. The zero-order valence-corrected chi connectivity index (χ0v) is 11.5. The first-order valence-corrected chi connectivity index (χ1v) is 6.04. The second-order valence-electron chi connectivity index (χ2n) is 4.08. The Morgan fingerprint density at radius 3 is 2.78 bits per heavy atom. The smallest absolute Gasteiger partial charge is 0.137 e. The van der Waals surface area contributed by atoms with Crippen LogP contribution in [0.1, 0.15) is 11.3 Å². The van der Waals surface area contributed by atoms with Gasteiger partial charge < -0.3 is 10.1 Å². The summed E-state index contributed by atoms with van der Waals surface area (Å²) in [5.41, 5.74) is 3.29. The van der Waals surface area contributed by atoms with Gasteiger partial charge in [-0.15, -0.1) is 0 Å². The third-order valence-electron chi connectivity index (χ3n) is 2.97. The number of hydrogen-bond acceptors (Lipinski definition) is 3. The second-order valence-corrected chi connectivity index (χ2v) is 4.49. The van der Waals surface area contributed by atoms with Gasteiger partial charge in [-0.25, -0.2) is 0 Å². The van der Waals surface area contributed by atoms with E-state index in [0.717, 1.165) is 17.9 Å². The second kappa shape index (κ2) is 5.31. The zero-order valence-electron chi connectivity index (χ0n) is 10.7. The molecule has 1 aromatic carbocycles. The van der Waals surface area contributed by atoms with Gasteiger partial charge in [-0.3, -0.25) is 4.68 Å². The summed E-state index contributed by atoms with van der Waals surface area (Å²) in [6.45, 7) is 2.77. The lowest BCUT2D eigenvalue weighted by Gasteiger charge is -2.08. The number of hydrogen-bond donors (Lipinski definition) is 1. The maximum atomic E-state index is 6.07. The number of methoxy groups -OCH3 is 1. The summed E-state index contributed by atoms with van der Waals surface area (Å²) in [4.78, 5) is 0. The van der Waals surface area contributed by atoms with Crippen molar-refractivity contribution in [2.75, 3.05) is 12.4 Å². The van der Waals surface area contributed by atoms with Crippen molar-refractivity contribution >= 4 is 17.3 Å². The van der Waals surface area contributed by atoms with E-state index in [2.05, 4.69) is 10.4 Å². The first-order valence-electron chi connectivity index (χ1n) is 5.66. The fraction of sp³-hybridized carbons (Fsp3) is 0.308. The van der Waals surface area contributed by atoms with Gasteiger partial charge in [0.15, 0.2) is 0 Å². The van der Waals surface area contributed by atoms with E-state index in [9.17, 15) is 0 Å². The number of aromatic nitrogens is 2. The van der Waals surface area contributed by atoms with Crippen LogP contribution in [0.3, 0.4) is 0 Å². The highest BCUT2D eigenvalue weighted by Crippen LogP contribution is 2.27. The Balaban J connectivity index is 2.06. The Kier molecular flexibility index (Phi) is 3.77. The third kappa shape index (κ3) is 2.59. The van der Waals surface area contributed by atoms with Crippen molar-refractivity contribution in [2.45, 2.75) is 13.5 Å². The van der Waals surface area contributed by atoms with Crippen molar-refractivity contribution in [3.63, 3.8) is 0 Å². The van der Waals surface area contributed by atoms with Crippen LogP contribution in [0.4, 0.5) is 5.69 Å². The van der Waals surface area contributed by atoms with Crippen molar-refractivity contribution in [3.05, 3.63) is 40.7 Å². The predicted molar refractivity (Wildman–Crippen MR) is 73.3 cm³/mol. The highest BCUT2D eigenvalue weighted by atomic mass is 35.5. The van der Waals surface area contributed by atoms with Gasteiger partial charge in [-0.2, -0.15) is 5.10 Å². The molecule has 1 aromatic heterocycles. The van der Waals surface area contributed by atoms with Crippen LogP contribution in [0, 0.1) is 6.92 Å². The van der Waals surface area contributed by atoms with E-state index in [0.29, 0.717) is 10.8 Å². The van der Waals surface area contributed by atoms with E-state index in [1.54, 1.807) is 7.11 Å². The average molecular weight is 266 g/mol. The van der Waals surface area contributed by atoms with Gasteiger partial charge >= 0.3 is 0 Å². The van der Waals surface area contributed by atoms with E-state index in [1.807, 2.05) is 43.0 Å². The van der Waals surface area contributed by atoms with Crippen LogP contribution in [0.15, 0.2) is 24.4 Å².